The molecule has 4 rings (SSSR count). The van der Waals surface area contributed by atoms with E-state index in [0.717, 1.165) is 47.5 Å². The maximum Gasteiger partial charge on any atom is 0.409 e. The van der Waals surface area contributed by atoms with Gasteiger partial charge in [-0.1, -0.05) is 86.5 Å². The summed E-state index contributed by atoms with van der Waals surface area (Å²) in [6.07, 6.45) is 2.89. The number of unbranched alkanes of at least 4 members (excludes halogenated alkanes) is 2. The number of carbonyl (C=O) groups excluding carboxylic acids is 1. The summed E-state index contributed by atoms with van der Waals surface area (Å²) in [6, 6.07) is 26.2. The number of benzene rings is 3. The van der Waals surface area contributed by atoms with Crippen LogP contribution in [0.3, 0.4) is 0 Å². The quantitative estimate of drug-likeness (QED) is 0.304. The van der Waals surface area contributed by atoms with Gasteiger partial charge in [-0.15, -0.1) is 0 Å². The van der Waals surface area contributed by atoms with Crippen LogP contribution in [0.25, 0.3) is 0 Å². The van der Waals surface area contributed by atoms with Gasteiger partial charge in [-0.05, 0) is 23.6 Å². The first-order valence-corrected chi connectivity index (χ1v) is 12.1. The minimum atomic E-state index is -0.220. The minimum absolute atomic E-state index is 0.220. The van der Waals surface area contributed by atoms with Crippen molar-refractivity contribution in [2.24, 2.45) is 0 Å². The fraction of sp³-hybridized carbons (Fsp3) is 0.345. The van der Waals surface area contributed by atoms with E-state index in [9.17, 15) is 4.79 Å². The molecule has 0 unspecified atom stereocenters. The highest BCUT2D eigenvalue weighted by Crippen LogP contribution is 2.37. The van der Waals surface area contributed by atoms with E-state index in [-0.39, 0.29) is 12.0 Å². The molecule has 1 fully saturated rings. The van der Waals surface area contributed by atoms with Gasteiger partial charge in [0.15, 0.2) is 0 Å². The van der Waals surface area contributed by atoms with E-state index < -0.39 is 0 Å². The van der Waals surface area contributed by atoms with Crippen LogP contribution < -0.4 is 9.47 Å². The van der Waals surface area contributed by atoms with E-state index in [1.54, 1.807) is 4.90 Å². The van der Waals surface area contributed by atoms with Crippen molar-refractivity contribution < 1.29 is 19.0 Å². The number of hydrogen-bond acceptors (Lipinski definition) is 4. The predicted molar refractivity (Wildman–Crippen MR) is 133 cm³/mol. The van der Waals surface area contributed by atoms with Crippen LogP contribution in [0.1, 0.15) is 48.8 Å². The first kappa shape index (κ1) is 23.7. The molecule has 3 aromatic carbocycles. The average molecular weight is 460 g/mol. The van der Waals surface area contributed by atoms with Gasteiger partial charge < -0.3 is 19.1 Å². The molecule has 0 aliphatic carbocycles. The number of amides is 1. The molecule has 1 saturated heterocycles. The third-order valence-corrected chi connectivity index (χ3v) is 6.02. The van der Waals surface area contributed by atoms with Crippen LogP contribution in [0.4, 0.5) is 4.79 Å². The van der Waals surface area contributed by atoms with Crippen LogP contribution >= 0.6 is 0 Å². The van der Waals surface area contributed by atoms with E-state index in [4.69, 9.17) is 14.2 Å². The van der Waals surface area contributed by atoms with Crippen LogP contribution in [0.2, 0.25) is 0 Å². The zero-order chi connectivity index (χ0) is 23.6. The molecule has 1 amide bonds. The molecule has 0 spiro atoms. The van der Waals surface area contributed by atoms with E-state index in [1.165, 1.54) is 0 Å². The number of rotatable bonds is 11. The summed E-state index contributed by atoms with van der Waals surface area (Å²) in [6.45, 7) is 4.88. The van der Waals surface area contributed by atoms with Crippen molar-refractivity contribution in [3.8, 4) is 11.5 Å². The van der Waals surface area contributed by atoms with Crippen molar-refractivity contribution in [2.45, 2.75) is 45.3 Å². The van der Waals surface area contributed by atoms with Crippen LogP contribution in [0, 0.1) is 0 Å². The molecule has 5 nitrogen and oxygen atoms in total. The Hall–Kier alpha value is -3.47. The topological polar surface area (TPSA) is 48.0 Å². The average Bonchev–Trinajstić information content (AvgIpc) is 2.85. The molecule has 34 heavy (non-hydrogen) atoms. The van der Waals surface area contributed by atoms with Gasteiger partial charge in [-0.25, -0.2) is 4.79 Å². The number of hydrogen-bond donors (Lipinski definition) is 0. The second-order valence-corrected chi connectivity index (χ2v) is 8.67. The van der Waals surface area contributed by atoms with Gasteiger partial charge in [0.2, 0.25) is 0 Å². The zero-order valence-electron chi connectivity index (χ0n) is 19.8. The smallest absolute Gasteiger partial charge is 0.409 e. The molecule has 0 aromatic heterocycles. The maximum absolute atomic E-state index is 12.3. The fourth-order valence-electron chi connectivity index (χ4n) is 3.97. The SMILES string of the molecule is CCCCCOC(=O)N1CC(c2ccc(OCc3ccccc3)cc2OCc2ccccc2)C1. The van der Waals surface area contributed by atoms with Gasteiger partial charge in [0.05, 0.1) is 6.61 Å². The van der Waals surface area contributed by atoms with E-state index in [2.05, 4.69) is 25.1 Å². The second-order valence-electron chi connectivity index (χ2n) is 8.67. The Labute approximate surface area is 202 Å². The lowest BCUT2D eigenvalue weighted by Gasteiger charge is -2.39. The van der Waals surface area contributed by atoms with Gasteiger partial charge >= 0.3 is 6.09 Å². The Morgan fingerprint density at radius 1 is 0.853 bits per heavy atom. The van der Waals surface area contributed by atoms with Gasteiger partial charge in [0.1, 0.15) is 24.7 Å². The lowest BCUT2D eigenvalue weighted by atomic mass is 9.91. The Bertz CT molecular complexity index is 1030. The summed E-state index contributed by atoms with van der Waals surface area (Å²) < 4.78 is 17.7. The summed E-state index contributed by atoms with van der Waals surface area (Å²) in [7, 11) is 0. The second kappa shape index (κ2) is 12.1. The number of carbonyl (C=O) groups is 1. The largest absolute Gasteiger partial charge is 0.489 e. The summed E-state index contributed by atoms with van der Waals surface area (Å²) in [5.41, 5.74) is 3.32. The molecule has 0 saturated carbocycles. The number of likely N-dealkylation sites (tertiary alicyclic amines) is 1. The van der Waals surface area contributed by atoms with Crippen molar-refractivity contribution in [2.75, 3.05) is 19.7 Å². The normalized spacial score (nSPS) is 13.3. The van der Waals surface area contributed by atoms with Crippen LogP contribution in [0.5, 0.6) is 11.5 Å². The molecule has 0 bridgehead atoms. The lowest BCUT2D eigenvalue weighted by Crippen LogP contribution is -2.48. The molecule has 0 radical (unpaired) electrons. The van der Waals surface area contributed by atoms with Crippen LogP contribution in [0.15, 0.2) is 78.9 Å². The highest BCUT2D eigenvalue weighted by atomic mass is 16.6. The zero-order valence-corrected chi connectivity index (χ0v) is 19.8. The maximum atomic E-state index is 12.3. The Morgan fingerprint density at radius 2 is 1.50 bits per heavy atom. The number of nitrogens with zero attached hydrogens (tertiary/aromatic N) is 1. The van der Waals surface area contributed by atoms with E-state index in [1.807, 2.05) is 60.7 Å². The van der Waals surface area contributed by atoms with Crippen molar-refractivity contribution in [3.63, 3.8) is 0 Å². The van der Waals surface area contributed by atoms with Crippen molar-refractivity contribution in [1.29, 1.82) is 0 Å². The Kier molecular flexibility index (Phi) is 8.44. The highest BCUT2D eigenvalue weighted by molar-refractivity contribution is 5.69. The molecular formula is C29H33NO4. The number of ether oxygens (including phenoxy) is 3. The summed E-state index contributed by atoms with van der Waals surface area (Å²) >= 11 is 0. The van der Waals surface area contributed by atoms with E-state index in [0.29, 0.717) is 32.9 Å². The van der Waals surface area contributed by atoms with Gasteiger partial charge in [0, 0.05) is 30.6 Å². The van der Waals surface area contributed by atoms with Crippen LogP contribution in [-0.2, 0) is 18.0 Å². The first-order chi connectivity index (χ1) is 16.7. The first-order valence-electron chi connectivity index (χ1n) is 12.1. The van der Waals surface area contributed by atoms with Gasteiger partial charge in [0.25, 0.3) is 0 Å². The standard InChI is InChI=1S/C29H33NO4/c1-2-3-10-17-32-29(31)30-19-25(20-30)27-16-15-26(33-21-23-11-6-4-7-12-23)18-28(27)34-22-24-13-8-5-9-14-24/h4-9,11-16,18,25H,2-3,10,17,19-22H2,1H3. The molecule has 1 heterocycles. The van der Waals surface area contributed by atoms with Crippen molar-refractivity contribution >= 4 is 6.09 Å². The molecular weight excluding hydrogens is 426 g/mol. The molecule has 0 N–H and O–H groups in total. The molecule has 1 aliphatic heterocycles. The summed E-state index contributed by atoms with van der Waals surface area (Å²) in [5, 5.41) is 0. The van der Waals surface area contributed by atoms with Crippen LogP contribution in [-0.4, -0.2) is 30.7 Å². The third-order valence-electron chi connectivity index (χ3n) is 6.02. The predicted octanol–water partition coefficient (Wildman–Crippen LogP) is 6.57. The summed E-state index contributed by atoms with van der Waals surface area (Å²) in [4.78, 5) is 14.0. The molecule has 3 aromatic rings. The molecule has 1 aliphatic rings. The monoisotopic (exact) mass is 459 g/mol. The molecule has 178 valence electrons. The lowest BCUT2D eigenvalue weighted by molar-refractivity contribution is 0.0696. The Balaban J connectivity index is 1.40. The third kappa shape index (κ3) is 6.53. The van der Waals surface area contributed by atoms with Gasteiger partial charge in [-0.3, -0.25) is 0 Å². The Morgan fingerprint density at radius 3 is 2.15 bits per heavy atom. The van der Waals surface area contributed by atoms with E-state index >= 15 is 0 Å². The van der Waals surface area contributed by atoms with Gasteiger partial charge in [-0.2, -0.15) is 0 Å². The molecule has 5 heteroatoms. The highest BCUT2D eigenvalue weighted by Gasteiger charge is 2.34. The van der Waals surface area contributed by atoms with Crippen molar-refractivity contribution in [3.05, 3.63) is 95.6 Å². The fourth-order valence-corrected chi connectivity index (χ4v) is 3.97. The van der Waals surface area contributed by atoms with Crippen molar-refractivity contribution in [1.82, 2.24) is 4.90 Å². The minimum Gasteiger partial charge on any atom is -0.489 e. The summed E-state index contributed by atoms with van der Waals surface area (Å²) in [5.74, 6) is 1.79. The molecule has 0 atom stereocenters.